The van der Waals surface area contributed by atoms with Crippen molar-refractivity contribution in [1.29, 1.82) is 0 Å². The monoisotopic (exact) mass is 295 g/mol. The van der Waals surface area contributed by atoms with E-state index in [4.69, 9.17) is 0 Å². The fourth-order valence-corrected chi connectivity index (χ4v) is 2.53. The maximum Gasteiger partial charge on any atom is 0.401 e. The molecular weight excluding hydrogens is 267 g/mol. The van der Waals surface area contributed by atoms with Gasteiger partial charge < -0.3 is 10.2 Å². The van der Waals surface area contributed by atoms with Crippen LogP contribution in [0.4, 0.5) is 13.2 Å². The minimum atomic E-state index is -4.07. The van der Waals surface area contributed by atoms with Crippen LogP contribution < -0.4 is 5.32 Å². The Kier molecular flexibility index (Phi) is 7.26. The second-order valence-corrected chi connectivity index (χ2v) is 5.86. The molecule has 20 heavy (non-hydrogen) atoms. The van der Waals surface area contributed by atoms with E-state index in [1.54, 1.807) is 0 Å². The third-order valence-electron chi connectivity index (χ3n) is 4.23. The van der Waals surface area contributed by atoms with Gasteiger partial charge in [0, 0.05) is 25.2 Å². The smallest absolute Gasteiger partial charge is 0.313 e. The summed E-state index contributed by atoms with van der Waals surface area (Å²) in [5.74, 6) is 0. The van der Waals surface area contributed by atoms with Crippen LogP contribution in [0.2, 0.25) is 0 Å². The maximum absolute atomic E-state index is 12.3. The Bertz CT molecular complexity index is 263. The van der Waals surface area contributed by atoms with Crippen molar-refractivity contribution >= 4 is 0 Å². The molecule has 1 N–H and O–H groups in total. The van der Waals surface area contributed by atoms with Gasteiger partial charge in [-0.3, -0.25) is 4.90 Å². The van der Waals surface area contributed by atoms with E-state index in [9.17, 15) is 13.2 Å². The normalized spacial score (nSPS) is 20.6. The van der Waals surface area contributed by atoms with E-state index in [0.29, 0.717) is 25.2 Å². The summed E-state index contributed by atoms with van der Waals surface area (Å²) in [7, 11) is 2.11. The van der Waals surface area contributed by atoms with Gasteiger partial charge in [-0.25, -0.2) is 0 Å². The van der Waals surface area contributed by atoms with Gasteiger partial charge in [0.1, 0.15) is 0 Å². The molecule has 0 saturated carbocycles. The zero-order valence-electron chi connectivity index (χ0n) is 12.8. The molecule has 3 nitrogen and oxygen atoms in total. The van der Waals surface area contributed by atoms with Gasteiger partial charge in [-0.15, -0.1) is 0 Å². The van der Waals surface area contributed by atoms with Gasteiger partial charge in [0.2, 0.25) is 0 Å². The number of halogens is 3. The van der Waals surface area contributed by atoms with Crippen LogP contribution in [0.3, 0.4) is 0 Å². The number of nitrogens with zero attached hydrogens (tertiary/aromatic N) is 2. The number of hydrogen-bond acceptors (Lipinski definition) is 3. The molecule has 1 atom stereocenters. The van der Waals surface area contributed by atoms with Crippen molar-refractivity contribution in [2.24, 2.45) is 0 Å². The van der Waals surface area contributed by atoms with Crippen molar-refractivity contribution in [2.75, 3.05) is 39.8 Å². The molecule has 0 aromatic heterocycles. The fraction of sp³-hybridized carbons (Fsp3) is 1.00. The lowest BCUT2D eigenvalue weighted by molar-refractivity contribution is -0.148. The Hall–Kier alpha value is -0.330. The average Bonchev–Trinajstić information content (AvgIpc) is 2.38. The molecule has 6 heteroatoms. The van der Waals surface area contributed by atoms with Gasteiger partial charge in [0.15, 0.2) is 0 Å². The minimum Gasteiger partial charge on any atom is -0.313 e. The van der Waals surface area contributed by atoms with E-state index in [1.807, 2.05) is 0 Å². The largest absolute Gasteiger partial charge is 0.401 e. The van der Waals surface area contributed by atoms with Gasteiger partial charge >= 0.3 is 6.18 Å². The van der Waals surface area contributed by atoms with Crippen LogP contribution in [0.1, 0.15) is 33.1 Å². The standard InChI is InChI=1S/C14H28F3N3/c1-4-12(2)19(3)10-7-18-13-5-8-20(9-6-13)11-14(15,16)17/h12-13,18H,4-11H2,1-3H3. The van der Waals surface area contributed by atoms with E-state index in [-0.39, 0.29) is 0 Å². The van der Waals surface area contributed by atoms with Crippen molar-refractivity contribution in [3.63, 3.8) is 0 Å². The van der Waals surface area contributed by atoms with E-state index >= 15 is 0 Å². The molecule has 1 fully saturated rings. The third kappa shape index (κ3) is 6.90. The number of hydrogen-bond donors (Lipinski definition) is 1. The van der Waals surface area contributed by atoms with Crippen LogP contribution >= 0.6 is 0 Å². The molecule has 0 radical (unpaired) electrons. The molecule has 0 bridgehead atoms. The quantitative estimate of drug-likeness (QED) is 0.778. The van der Waals surface area contributed by atoms with E-state index < -0.39 is 12.7 Å². The van der Waals surface area contributed by atoms with E-state index in [1.165, 1.54) is 4.90 Å². The molecule has 0 aromatic rings. The van der Waals surface area contributed by atoms with Crippen molar-refractivity contribution < 1.29 is 13.2 Å². The van der Waals surface area contributed by atoms with Crippen LogP contribution in [-0.2, 0) is 0 Å². The first kappa shape index (κ1) is 17.7. The molecule has 0 amide bonds. The second kappa shape index (κ2) is 8.20. The van der Waals surface area contributed by atoms with Gasteiger partial charge in [-0.1, -0.05) is 6.92 Å². The van der Waals surface area contributed by atoms with Gasteiger partial charge in [0.05, 0.1) is 6.54 Å². The summed E-state index contributed by atoms with van der Waals surface area (Å²) in [5, 5.41) is 3.47. The second-order valence-electron chi connectivity index (χ2n) is 5.86. The molecule has 1 aliphatic rings. The first-order valence-electron chi connectivity index (χ1n) is 7.54. The highest BCUT2D eigenvalue weighted by atomic mass is 19.4. The molecule has 0 aliphatic carbocycles. The van der Waals surface area contributed by atoms with Crippen molar-refractivity contribution in [3.8, 4) is 0 Å². The zero-order valence-corrected chi connectivity index (χ0v) is 12.8. The predicted molar refractivity (Wildman–Crippen MR) is 75.9 cm³/mol. The van der Waals surface area contributed by atoms with Crippen LogP contribution in [-0.4, -0.2) is 67.8 Å². The van der Waals surface area contributed by atoms with Crippen molar-refractivity contribution in [2.45, 2.75) is 51.4 Å². The summed E-state index contributed by atoms with van der Waals surface area (Å²) in [6, 6.07) is 0.940. The lowest BCUT2D eigenvalue weighted by Gasteiger charge is -2.33. The Labute approximate surface area is 120 Å². The van der Waals surface area contributed by atoms with Crippen LogP contribution in [0.25, 0.3) is 0 Å². The first-order valence-corrected chi connectivity index (χ1v) is 7.54. The Morgan fingerprint density at radius 2 is 1.90 bits per heavy atom. The summed E-state index contributed by atoms with van der Waals surface area (Å²) in [4.78, 5) is 3.81. The summed E-state index contributed by atoms with van der Waals surface area (Å²) in [6.07, 6.45) is -1.32. The lowest BCUT2D eigenvalue weighted by Crippen LogP contribution is -2.47. The van der Waals surface area contributed by atoms with Gasteiger partial charge in [-0.2, -0.15) is 13.2 Å². The summed E-state index contributed by atoms with van der Waals surface area (Å²) < 4.78 is 36.8. The highest BCUT2D eigenvalue weighted by Crippen LogP contribution is 2.19. The highest BCUT2D eigenvalue weighted by Gasteiger charge is 2.32. The van der Waals surface area contributed by atoms with Crippen LogP contribution in [0, 0.1) is 0 Å². The first-order chi connectivity index (χ1) is 9.31. The molecule has 0 spiro atoms. The number of alkyl halides is 3. The molecular formula is C14H28F3N3. The van der Waals surface area contributed by atoms with Crippen LogP contribution in [0.15, 0.2) is 0 Å². The number of likely N-dealkylation sites (tertiary alicyclic amines) is 1. The zero-order chi connectivity index (χ0) is 15.2. The molecule has 1 saturated heterocycles. The predicted octanol–water partition coefficient (Wildman–Crippen LogP) is 2.33. The molecule has 120 valence electrons. The van der Waals surface area contributed by atoms with Crippen molar-refractivity contribution in [3.05, 3.63) is 0 Å². The van der Waals surface area contributed by atoms with Gasteiger partial charge in [0.25, 0.3) is 0 Å². The summed E-state index contributed by atoms with van der Waals surface area (Å²) >= 11 is 0. The molecule has 1 heterocycles. The molecule has 1 unspecified atom stereocenters. The van der Waals surface area contributed by atoms with E-state index in [2.05, 4.69) is 31.1 Å². The fourth-order valence-electron chi connectivity index (χ4n) is 2.53. The molecule has 1 aliphatic heterocycles. The van der Waals surface area contributed by atoms with Crippen molar-refractivity contribution in [1.82, 2.24) is 15.1 Å². The minimum absolute atomic E-state index is 0.366. The number of nitrogens with one attached hydrogen (secondary N) is 1. The summed E-state index contributed by atoms with van der Waals surface area (Å²) in [6.45, 7) is 6.58. The highest BCUT2D eigenvalue weighted by molar-refractivity contribution is 4.78. The number of likely N-dealkylation sites (N-methyl/N-ethyl adjacent to an activating group) is 1. The Morgan fingerprint density at radius 3 is 2.40 bits per heavy atom. The lowest BCUT2D eigenvalue weighted by atomic mass is 10.1. The van der Waals surface area contributed by atoms with E-state index in [0.717, 1.165) is 32.4 Å². The maximum atomic E-state index is 12.3. The number of rotatable bonds is 7. The molecule has 0 aromatic carbocycles. The summed E-state index contributed by atoms with van der Waals surface area (Å²) in [5.41, 5.74) is 0. The van der Waals surface area contributed by atoms with Crippen LogP contribution in [0.5, 0.6) is 0 Å². The average molecular weight is 295 g/mol. The molecule has 1 rings (SSSR count). The Morgan fingerprint density at radius 1 is 1.30 bits per heavy atom. The third-order valence-corrected chi connectivity index (χ3v) is 4.23. The Balaban J connectivity index is 2.14. The van der Waals surface area contributed by atoms with Gasteiger partial charge in [-0.05, 0) is 46.3 Å². The topological polar surface area (TPSA) is 18.5 Å². The SMILES string of the molecule is CCC(C)N(C)CCNC1CCN(CC(F)(F)F)CC1. The number of piperidine rings is 1.